The molecule has 0 aromatic heterocycles. The van der Waals surface area contributed by atoms with E-state index in [4.69, 9.17) is 14.2 Å². The van der Waals surface area contributed by atoms with Crippen LogP contribution in [0.3, 0.4) is 0 Å². The average molecular weight is 317 g/mol. The lowest BCUT2D eigenvalue weighted by Crippen LogP contribution is -2.17. The molecule has 0 bridgehead atoms. The van der Waals surface area contributed by atoms with Gasteiger partial charge in [-0.05, 0) is 25.5 Å². The molecule has 98 valence electrons. The van der Waals surface area contributed by atoms with Crippen LogP contribution in [-0.2, 0) is 9.53 Å². The van der Waals surface area contributed by atoms with Crippen molar-refractivity contribution in [1.82, 2.24) is 0 Å². The standard InChI is InChI=1S/C12H13BrO5/c1-3-16-12(15)10(14)9-6(2)7(13)4-8-11(9)18-5-17-8/h4,10,14H,3,5H2,1-2H3. The lowest BCUT2D eigenvalue weighted by molar-refractivity contribution is -0.153. The summed E-state index contributed by atoms with van der Waals surface area (Å²) >= 11 is 3.36. The number of fused-ring (bicyclic) bond motifs is 1. The number of aliphatic hydroxyl groups is 1. The Hall–Kier alpha value is -1.27. The number of hydrogen-bond acceptors (Lipinski definition) is 5. The second kappa shape index (κ2) is 5.16. The summed E-state index contributed by atoms with van der Waals surface area (Å²) in [5.74, 6) is 0.207. The Labute approximate surface area is 113 Å². The molecule has 1 aromatic rings. The largest absolute Gasteiger partial charge is 0.464 e. The average Bonchev–Trinajstić information content (AvgIpc) is 2.77. The number of benzene rings is 1. The molecule has 0 fully saturated rings. The van der Waals surface area contributed by atoms with E-state index in [1.54, 1.807) is 19.9 Å². The van der Waals surface area contributed by atoms with Crippen molar-refractivity contribution in [2.45, 2.75) is 20.0 Å². The first-order valence-corrected chi connectivity index (χ1v) is 6.28. The molecule has 6 heteroatoms. The Morgan fingerprint density at radius 1 is 1.61 bits per heavy atom. The highest BCUT2D eigenvalue weighted by molar-refractivity contribution is 9.10. The van der Waals surface area contributed by atoms with Crippen LogP contribution < -0.4 is 9.47 Å². The van der Waals surface area contributed by atoms with E-state index in [1.807, 2.05) is 0 Å². The Bertz CT molecular complexity index is 486. The molecule has 0 radical (unpaired) electrons. The number of halogens is 1. The van der Waals surface area contributed by atoms with Gasteiger partial charge >= 0.3 is 5.97 Å². The lowest BCUT2D eigenvalue weighted by atomic mass is 10.0. The normalized spacial score (nSPS) is 14.4. The van der Waals surface area contributed by atoms with Gasteiger partial charge < -0.3 is 19.3 Å². The Kier molecular flexibility index (Phi) is 3.77. The summed E-state index contributed by atoms with van der Waals surface area (Å²) in [5, 5.41) is 10.1. The molecule has 1 aliphatic heterocycles. The molecule has 0 saturated carbocycles. The minimum atomic E-state index is -1.38. The van der Waals surface area contributed by atoms with Crippen LogP contribution in [0.2, 0.25) is 0 Å². The second-order valence-corrected chi connectivity index (χ2v) is 4.64. The van der Waals surface area contributed by atoms with Crippen molar-refractivity contribution in [1.29, 1.82) is 0 Å². The minimum absolute atomic E-state index is 0.0772. The molecule has 0 amide bonds. The minimum Gasteiger partial charge on any atom is -0.464 e. The predicted octanol–water partition coefficient (Wildman–Crippen LogP) is 2.08. The maximum Gasteiger partial charge on any atom is 0.339 e. The van der Waals surface area contributed by atoms with E-state index in [0.717, 1.165) is 10.0 Å². The highest BCUT2D eigenvalue weighted by Gasteiger charge is 2.30. The van der Waals surface area contributed by atoms with Crippen LogP contribution >= 0.6 is 15.9 Å². The summed E-state index contributed by atoms with van der Waals surface area (Å²) in [6, 6.07) is 1.75. The molecule has 1 atom stereocenters. The monoisotopic (exact) mass is 316 g/mol. The SMILES string of the molecule is CCOC(=O)C(O)c1c(C)c(Br)cc2c1OCO2. The zero-order chi connectivity index (χ0) is 13.3. The topological polar surface area (TPSA) is 65.0 Å². The Morgan fingerprint density at radius 3 is 3.00 bits per heavy atom. The summed E-state index contributed by atoms with van der Waals surface area (Å²) in [4.78, 5) is 11.6. The van der Waals surface area contributed by atoms with Crippen LogP contribution in [0, 0.1) is 6.92 Å². The van der Waals surface area contributed by atoms with E-state index in [-0.39, 0.29) is 13.4 Å². The van der Waals surface area contributed by atoms with Crippen molar-refractivity contribution in [3.8, 4) is 11.5 Å². The number of rotatable bonds is 3. The Balaban J connectivity index is 2.46. The molecule has 0 saturated heterocycles. The van der Waals surface area contributed by atoms with Crippen molar-refractivity contribution in [3.63, 3.8) is 0 Å². The molecule has 1 heterocycles. The molecule has 0 spiro atoms. The maximum atomic E-state index is 11.6. The molecule has 1 N–H and O–H groups in total. The molecule has 18 heavy (non-hydrogen) atoms. The fourth-order valence-corrected chi connectivity index (χ4v) is 2.22. The molecule has 5 nitrogen and oxygen atoms in total. The molecule has 0 aliphatic carbocycles. The fourth-order valence-electron chi connectivity index (χ4n) is 1.80. The van der Waals surface area contributed by atoms with E-state index in [1.165, 1.54) is 0 Å². The van der Waals surface area contributed by atoms with E-state index in [0.29, 0.717) is 17.1 Å². The zero-order valence-electron chi connectivity index (χ0n) is 10.0. The van der Waals surface area contributed by atoms with Crippen molar-refractivity contribution >= 4 is 21.9 Å². The maximum absolute atomic E-state index is 11.6. The van der Waals surface area contributed by atoms with Crippen molar-refractivity contribution in [3.05, 3.63) is 21.7 Å². The number of hydrogen-bond donors (Lipinski definition) is 1. The van der Waals surface area contributed by atoms with Gasteiger partial charge in [0.05, 0.1) is 6.61 Å². The first kappa shape index (κ1) is 13.2. The quantitative estimate of drug-likeness (QED) is 0.865. The van der Waals surface area contributed by atoms with Gasteiger partial charge in [0, 0.05) is 10.0 Å². The molecule has 1 aliphatic rings. The first-order valence-electron chi connectivity index (χ1n) is 5.49. The number of esters is 1. The summed E-state index contributed by atoms with van der Waals surface area (Å²) in [5.41, 5.74) is 1.11. The zero-order valence-corrected chi connectivity index (χ0v) is 11.6. The van der Waals surface area contributed by atoms with Gasteiger partial charge in [0.15, 0.2) is 17.6 Å². The van der Waals surface area contributed by atoms with Crippen LogP contribution in [0.4, 0.5) is 0 Å². The lowest BCUT2D eigenvalue weighted by Gasteiger charge is -2.16. The highest BCUT2D eigenvalue weighted by atomic mass is 79.9. The summed E-state index contributed by atoms with van der Waals surface area (Å²) in [6.45, 7) is 3.75. The van der Waals surface area contributed by atoms with Gasteiger partial charge in [-0.25, -0.2) is 4.79 Å². The number of aliphatic hydroxyl groups excluding tert-OH is 1. The van der Waals surface area contributed by atoms with Crippen LogP contribution in [0.1, 0.15) is 24.2 Å². The van der Waals surface area contributed by atoms with Gasteiger partial charge in [0.1, 0.15) is 0 Å². The van der Waals surface area contributed by atoms with Crippen LogP contribution in [0.5, 0.6) is 11.5 Å². The molecule has 2 rings (SSSR count). The predicted molar refractivity (Wildman–Crippen MR) is 66.6 cm³/mol. The fraction of sp³-hybridized carbons (Fsp3) is 0.417. The first-order chi connectivity index (χ1) is 8.56. The third-order valence-corrected chi connectivity index (χ3v) is 3.51. The number of ether oxygens (including phenoxy) is 3. The second-order valence-electron chi connectivity index (χ2n) is 3.79. The van der Waals surface area contributed by atoms with E-state index < -0.39 is 12.1 Å². The Morgan fingerprint density at radius 2 is 2.33 bits per heavy atom. The number of carbonyl (C=O) groups is 1. The smallest absolute Gasteiger partial charge is 0.339 e. The summed E-state index contributed by atoms with van der Waals surface area (Å²) < 4.78 is 16.1. The third-order valence-electron chi connectivity index (χ3n) is 2.69. The third kappa shape index (κ3) is 2.18. The summed E-state index contributed by atoms with van der Waals surface area (Å²) in [7, 11) is 0. The van der Waals surface area contributed by atoms with Gasteiger partial charge in [-0.2, -0.15) is 0 Å². The van der Waals surface area contributed by atoms with Crippen LogP contribution in [0.25, 0.3) is 0 Å². The van der Waals surface area contributed by atoms with E-state index >= 15 is 0 Å². The van der Waals surface area contributed by atoms with Gasteiger partial charge in [0.25, 0.3) is 0 Å². The van der Waals surface area contributed by atoms with Crippen LogP contribution in [0.15, 0.2) is 10.5 Å². The van der Waals surface area contributed by atoms with Crippen LogP contribution in [-0.4, -0.2) is 24.5 Å². The van der Waals surface area contributed by atoms with Crippen molar-refractivity contribution < 1.29 is 24.1 Å². The highest BCUT2D eigenvalue weighted by Crippen LogP contribution is 2.44. The summed E-state index contributed by atoms with van der Waals surface area (Å²) in [6.07, 6.45) is -1.38. The number of carbonyl (C=O) groups excluding carboxylic acids is 1. The van der Waals surface area contributed by atoms with Gasteiger partial charge in [0.2, 0.25) is 6.79 Å². The van der Waals surface area contributed by atoms with E-state index in [2.05, 4.69) is 15.9 Å². The van der Waals surface area contributed by atoms with Crippen molar-refractivity contribution in [2.75, 3.05) is 13.4 Å². The molecular weight excluding hydrogens is 304 g/mol. The van der Waals surface area contributed by atoms with Gasteiger partial charge in [-0.15, -0.1) is 0 Å². The molecule has 1 unspecified atom stereocenters. The van der Waals surface area contributed by atoms with Gasteiger partial charge in [-0.1, -0.05) is 15.9 Å². The van der Waals surface area contributed by atoms with E-state index in [9.17, 15) is 9.90 Å². The van der Waals surface area contributed by atoms with Gasteiger partial charge in [-0.3, -0.25) is 0 Å². The molecular formula is C12H13BrO5. The van der Waals surface area contributed by atoms with Crippen molar-refractivity contribution in [2.24, 2.45) is 0 Å². The molecule has 1 aromatic carbocycles.